The maximum Gasteiger partial charge on any atom is 0.338 e. The molecule has 0 heterocycles. The third-order valence-electron chi connectivity index (χ3n) is 1.87. The van der Waals surface area contributed by atoms with Crippen LogP contribution in [0, 0.1) is 5.82 Å². The summed E-state index contributed by atoms with van der Waals surface area (Å²) in [7, 11) is -3.48. The van der Waals surface area contributed by atoms with Gasteiger partial charge in [-0.05, 0) is 18.2 Å². The van der Waals surface area contributed by atoms with Crippen molar-refractivity contribution in [3.8, 4) is 0 Å². The maximum atomic E-state index is 13.0. The molecule has 0 aliphatic carbocycles. The van der Waals surface area contributed by atoms with Gasteiger partial charge >= 0.3 is 5.97 Å². The van der Waals surface area contributed by atoms with Gasteiger partial charge in [0, 0.05) is 11.9 Å². The second-order valence-corrected chi connectivity index (χ2v) is 5.76. The smallest absolute Gasteiger partial charge is 0.338 e. The Balaban J connectivity index is 2.89. The highest BCUT2D eigenvalue weighted by Gasteiger charge is 2.14. The average Bonchev–Trinajstić information content (AvgIpc) is 2.17. The zero-order chi connectivity index (χ0) is 13.9. The van der Waals surface area contributed by atoms with E-state index in [4.69, 9.17) is 5.11 Å². The maximum absolute atomic E-state index is 13.0. The number of aromatic carboxylic acids is 1. The molecule has 8 heteroatoms. The monoisotopic (exact) mass is 275 g/mol. The number of amides is 1. The number of carbonyl (C=O) groups is 2. The number of rotatable bonds is 4. The van der Waals surface area contributed by atoms with E-state index in [0.717, 1.165) is 24.5 Å². The Morgan fingerprint density at radius 1 is 1.39 bits per heavy atom. The SMILES string of the molecule is CS(=O)(=O)CC(=O)Nc1ccc(F)c(C(=O)O)c1. The number of anilines is 1. The molecule has 1 aromatic carbocycles. The lowest BCUT2D eigenvalue weighted by atomic mass is 10.2. The normalized spacial score (nSPS) is 11.0. The lowest BCUT2D eigenvalue weighted by Gasteiger charge is -2.05. The lowest BCUT2D eigenvalue weighted by Crippen LogP contribution is -2.22. The third-order valence-corrected chi connectivity index (χ3v) is 2.66. The Bertz CT molecular complexity index is 596. The van der Waals surface area contributed by atoms with Crippen LogP contribution in [-0.4, -0.2) is 37.4 Å². The van der Waals surface area contributed by atoms with Crippen LogP contribution >= 0.6 is 0 Å². The summed E-state index contributed by atoms with van der Waals surface area (Å²) in [4.78, 5) is 21.9. The van der Waals surface area contributed by atoms with Crippen molar-refractivity contribution < 1.29 is 27.5 Å². The average molecular weight is 275 g/mol. The van der Waals surface area contributed by atoms with Gasteiger partial charge in [0.1, 0.15) is 11.6 Å². The Kier molecular flexibility index (Phi) is 4.02. The second-order valence-electron chi connectivity index (χ2n) is 3.62. The van der Waals surface area contributed by atoms with Crippen LogP contribution in [0.3, 0.4) is 0 Å². The van der Waals surface area contributed by atoms with Crippen molar-refractivity contribution in [2.24, 2.45) is 0 Å². The molecular weight excluding hydrogens is 265 g/mol. The quantitative estimate of drug-likeness (QED) is 0.833. The number of carbonyl (C=O) groups excluding carboxylic acids is 1. The molecule has 0 unspecified atom stereocenters. The number of carboxylic acids is 1. The van der Waals surface area contributed by atoms with E-state index in [1.165, 1.54) is 0 Å². The Hall–Kier alpha value is -1.96. The molecule has 0 aliphatic rings. The first kappa shape index (κ1) is 14.1. The highest BCUT2D eigenvalue weighted by atomic mass is 32.2. The molecule has 6 nitrogen and oxygen atoms in total. The molecule has 1 rings (SSSR count). The summed E-state index contributed by atoms with van der Waals surface area (Å²) in [5.74, 6) is -3.97. The van der Waals surface area contributed by atoms with Crippen LogP contribution in [-0.2, 0) is 14.6 Å². The molecule has 0 atom stereocenters. The number of nitrogens with one attached hydrogen (secondary N) is 1. The molecule has 18 heavy (non-hydrogen) atoms. The summed E-state index contributed by atoms with van der Waals surface area (Å²) >= 11 is 0. The first-order valence-corrected chi connectivity index (χ1v) is 6.75. The summed E-state index contributed by atoms with van der Waals surface area (Å²) in [5.41, 5.74) is -0.588. The van der Waals surface area contributed by atoms with E-state index in [1.807, 2.05) is 0 Å². The first-order chi connectivity index (χ1) is 8.19. The number of hydrogen-bond acceptors (Lipinski definition) is 4. The van der Waals surface area contributed by atoms with E-state index >= 15 is 0 Å². The molecule has 1 amide bonds. The fourth-order valence-electron chi connectivity index (χ4n) is 1.20. The van der Waals surface area contributed by atoms with Gasteiger partial charge in [0.05, 0.1) is 5.56 Å². The van der Waals surface area contributed by atoms with Crippen LogP contribution in [0.1, 0.15) is 10.4 Å². The predicted molar refractivity (Wildman–Crippen MR) is 61.7 cm³/mol. The highest BCUT2D eigenvalue weighted by Crippen LogP contribution is 2.14. The van der Waals surface area contributed by atoms with Gasteiger partial charge in [-0.2, -0.15) is 0 Å². The van der Waals surface area contributed by atoms with Crippen LogP contribution < -0.4 is 5.32 Å². The van der Waals surface area contributed by atoms with E-state index in [-0.39, 0.29) is 5.69 Å². The molecule has 0 aromatic heterocycles. The van der Waals surface area contributed by atoms with Gasteiger partial charge in [-0.25, -0.2) is 17.6 Å². The van der Waals surface area contributed by atoms with E-state index < -0.39 is 38.8 Å². The second kappa shape index (κ2) is 5.13. The Morgan fingerprint density at radius 3 is 2.50 bits per heavy atom. The number of carboxylic acid groups (broad SMARTS) is 1. The molecular formula is C10H10FNO5S. The summed E-state index contributed by atoms with van der Waals surface area (Å²) < 4.78 is 34.7. The van der Waals surface area contributed by atoms with Crippen LogP contribution in [0.2, 0.25) is 0 Å². The Morgan fingerprint density at radius 2 is 2.00 bits per heavy atom. The molecule has 98 valence electrons. The van der Waals surface area contributed by atoms with E-state index in [9.17, 15) is 22.4 Å². The van der Waals surface area contributed by atoms with Crippen LogP contribution in [0.25, 0.3) is 0 Å². The van der Waals surface area contributed by atoms with Gasteiger partial charge < -0.3 is 10.4 Å². The number of sulfone groups is 1. The fraction of sp³-hybridized carbons (Fsp3) is 0.200. The van der Waals surface area contributed by atoms with Crippen molar-refractivity contribution in [1.82, 2.24) is 0 Å². The van der Waals surface area contributed by atoms with E-state index in [2.05, 4.69) is 5.32 Å². The number of halogens is 1. The van der Waals surface area contributed by atoms with Gasteiger partial charge in [-0.1, -0.05) is 0 Å². The zero-order valence-corrected chi connectivity index (χ0v) is 10.1. The van der Waals surface area contributed by atoms with Gasteiger partial charge in [0.25, 0.3) is 0 Å². The van der Waals surface area contributed by atoms with Crippen molar-refractivity contribution in [3.05, 3.63) is 29.6 Å². The largest absolute Gasteiger partial charge is 0.478 e. The summed E-state index contributed by atoms with van der Waals surface area (Å²) in [6.07, 6.45) is 0.889. The van der Waals surface area contributed by atoms with Gasteiger partial charge in [-0.15, -0.1) is 0 Å². The molecule has 0 radical (unpaired) electrons. The third kappa shape index (κ3) is 4.13. The van der Waals surface area contributed by atoms with Crippen LogP contribution in [0.4, 0.5) is 10.1 Å². The molecule has 0 saturated heterocycles. The zero-order valence-electron chi connectivity index (χ0n) is 9.31. The van der Waals surface area contributed by atoms with E-state index in [1.54, 1.807) is 0 Å². The standard InChI is InChI=1S/C10H10FNO5S/c1-18(16,17)5-9(13)12-6-2-3-8(11)7(4-6)10(14)15/h2-4H,5H2,1H3,(H,12,13)(H,14,15). The highest BCUT2D eigenvalue weighted by molar-refractivity contribution is 7.91. The lowest BCUT2D eigenvalue weighted by molar-refractivity contribution is -0.113. The van der Waals surface area contributed by atoms with Gasteiger partial charge in [0.15, 0.2) is 9.84 Å². The number of benzene rings is 1. The summed E-state index contributed by atoms with van der Waals surface area (Å²) in [5, 5.41) is 10.8. The van der Waals surface area contributed by atoms with E-state index in [0.29, 0.717) is 0 Å². The van der Waals surface area contributed by atoms with Crippen molar-refractivity contribution in [2.75, 3.05) is 17.3 Å². The number of hydrogen-bond donors (Lipinski definition) is 2. The van der Waals surface area contributed by atoms with Gasteiger partial charge in [-0.3, -0.25) is 4.79 Å². The topological polar surface area (TPSA) is 101 Å². The molecule has 0 fully saturated rings. The molecule has 1 aromatic rings. The summed E-state index contributed by atoms with van der Waals surface area (Å²) in [6.45, 7) is 0. The molecule has 0 aliphatic heterocycles. The van der Waals surface area contributed by atoms with Gasteiger partial charge in [0.2, 0.25) is 5.91 Å². The first-order valence-electron chi connectivity index (χ1n) is 4.69. The summed E-state index contributed by atoms with van der Waals surface area (Å²) in [6, 6.07) is 2.93. The Labute approximate surface area is 102 Å². The van der Waals surface area contributed by atoms with Crippen molar-refractivity contribution in [1.29, 1.82) is 0 Å². The molecule has 0 saturated carbocycles. The van der Waals surface area contributed by atoms with Crippen molar-refractivity contribution in [3.63, 3.8) is 0 Å². The van der Waals surface area contributed by atoms with Crippen LogP contribution in [0.5, 0.6) is 0 Å². The fourth-order valence-corrected chi connectivity index (χ4v) is 1.75. The predicted octanol–water partition coefficient (Wildman–Crippen LogP) is 0.507. The molecule has 0 bridgehead atoms. The molecule has 2 N–H and O–H groups in total. The molecule has 0 spiro atoms. The van der Waals surface area contributed by atoms with Crippen molar-refractivity contribution in [2.45, 2.75) is 0 Å². The minimum Gasteiger partial charge on any atom is -0.478 e. The minimum atomic E-state index is -3.48. The minimum absolute atomic E-state index is 0.0162. The van der Waals surface area contributed by atoms with Crippen molar-refractivity contribution >= 4 is 27.4 Å². The van der Waals surface area contributed by atoms with Crippen LogP contribution in [0.15, 0.2) is 18.2 Å².